The Labute approximate surface area is 180 Å². The standard InChI is InChI=1S/C23H26N2O4S/c26-18(14-27-13-16-7-8-20-21(10-16)29-15-28-20)12-25-9-3-4-17(11-25)23-24-19-5-1-2-6-22(19)30-23/h1-2,5-8,10,17-18,26H,3-4,9,11-15H2/t17-,18-/m1/s1. The number of rotatable bonds is 7. The Bertz CT molecular complexity index is 975. The smallest absolute Gasteiger partial charge is 0.231 e. The maximum absolute atomic E-state index is 10.5. The van der Waals surface area contributed by atoms with Crippen LogP contribution >= 0.6 is 11.3 Å². The molecule has 3 aromatic rings. The molecule has 0 saturated carbocycles. The van der Waals surface area contributed by atoms with Crippen molar-refractivity contribution in [3.8, 4) is 11.5 Å². The molecule has 1 fully saturated rings. The summed E-state index contributed by atoms with van der Waals surface area (Å²) in [7, 11) is 0. The van der Waals surface area contributed by atoms with Gasteiger partial charge in [-0.15, -0.1) is 11.3 Å². The van der Waals surface area contributed by atoms with Crippen molar-refractivity contribution in [3.05, 3.63) is 53.0 Å². The molecular formula is C23H26N2O4S. The molecule has 3 heterocycles. The average Bonchev–Trinajstić information content (AvgIpc) is 3.40. The molecule has 0 unspecified atom stereocenters. The number of hydrogen-bond acceptors (Lipinski definition) is 7. The molecule has 7 heteroatoms. The number of aromatic nitrogens is 1. The topological polar surface area (TPSA) is 64.1 Å². The molecule has 2 atom stereocenters. The van der Waals surface area contributed by atoms with Crippen LogP contribution in [0.15, 0.2) is 42.5 Å². The highest BCUT2D eigenvalue weighted by Gasteiger charge is 2.25. The van der Waals surface area contributed by atoms with Crippen LogP contribution in [0.3, 0.4) is 0 Å². The summed E-state index contributed by atoms with van der Waals surface area (Å²) in [5, 5.41) is 11.7. The van der Waals surface area contributed by atoms with Gasteiger partial charge in [-0.3, -0.25) is 4.90 Å². The van der Waals surface area contributed by atoms with E-state index in [4.69, 9.17) is 19.2 Å². The number of fused-ring (bicyclic) bond motifs is 2. The van der Waals surface area contributed by atoms with Crippen LogP contribution in [0.2, 0.25) is 0 Å². The number of piperidine rings is 1. The highest BCUT2D eigenvalue weighted by atomic mass is 32.1. The zero-order valence-electron chi connectivity index (χ0n) is 16.8. The van der Waals surface area contributed by atoms with Gasteiger partial charge in [0.1, 0.15) is 0 Å². The maximum Gasteiger partial charge on any atom is 0.231 e. The van der Waals surface area contributed by atoms with E-state index < -0.39 is 6.10 Å². The number of β-amino-alcohol motifs (C(OH)–C–C–N with tert-alkyl or cyclic N) is 1. The quantitative estimate of drug-likeness (QED) is 0.620. The van der Waals surface area contributed by atoms with Gasteiger partial charge in [0.2, 0.25) is 6.79 Å². The molecule has 2 aromatic carbocycles. The van der Waals surface area contributed by atoms with E-state index in [-0.39, 0.29) is 6.79 Å². The second-order valence-corrected chi connectivity index (χ2v) is 9.04. The van der Waals surface area contributed by atoms with E-state index in [1.54, 1.807) is 11.3 Å². The van der Waals surface area contributed by atoms with E-state index in [0.29, 0.717) is 25.7 Å². The first-order valence-corrected chi connectivity index (χ1v) is 11.3. The third-order valence-electron chi connectivity index (χ3n) is 5.65. The van der Waals surface area contributed by atoms with Crippen molar-refractivity contribution in [2.75, 3.05) is 33.0 Å². The minimum atomic E-state index is -0.506. The van der Waals surface area contributed by atoms with Crippen LogP contribution in [-0.4, -0.2) is 54.1 Å². The molecule has 0 radical (unpaired) electrons. The molecule has 1 aromatic heterocycles. The fourth-order valence-corrected chi connectivity index (χ4v) is 5.28. The van der Waals surface area contributed by atoms with Gasteiger partial charge < -0.3 is 19.3 Å². The van der Waals surface area contributed by atoms with Gasteiger partial charge in [-0.05, 0) is 49.2 Å². The molecule has 5 rings (SSSR count). The van der Waals surface area contributed by atoms with Gasteiger partial charge in [0.25, 0.3) is 0 Å². The molecule has 0 aliphatic carbocycles. The Hall–Kier alpha value is -2.19. The SMILES string of the molecule is O[C@@H](COCc1ccc2c(c1)OCO2)CN1CCC[C@@H](c2nc3ccccc3s2)C1. The normalized spacial score (nSPS) is 20.0. The summed E-state index contributed by atoms with van der Waals surface area (Å²) in [6, 6.07) is 14.1. The second-order valence-electron chi connectivity index (χ2n) is 7.98. The summed E-state index contributed by atoms with van der Waals surface area (Å²) in [6.07, 6.45) is 1.78. The Morgan fingerprint density at radius 3 is 3.03 bits per heavy atom. The van der Waals surface area contributed by atoms with Gasteiger partial charge in [0, 0.05) is 19.0 Å². The Balaban J connectivity index is 1.11. The van der Waals surface area contributed by atoms with E-state index >= 15 is 0 Å². The Morgan fingerprint density at radius 1 is 1.20 bits per heavy atom. The van der Waals surface area contributed by atoms with Gasteiger partial charge >= 0.3 is 0 Å². The Kier molecular flexibility index (Phi) is 5.86. The van der Waals surface area contributed by atoms with Crippen LogP contribution in [-0.2, 0) is 11.3 Å². The van der Waals surface area contributed by atoms with Crippen LogP contribution in [0.25, 0.3) is 10.2 Å². The van der Waals surface area contributed by atoms with Crippen molar-refractivity contribution in [2.45, 2.75) is 31.5 Å². The van der Waals surface area contributed by atoms with Crippen molar-refractivity contribution in [2.24, 2.45) is 0 Å². The number of nitrogens with zero attached hydrogens (tertiary/aromatic N) is 2. The van der Waals surface area contributed by atoms with Crippen LogP contribution in [0.5, 0.6) is 11.5 Å². The summed E-state index contributed by atoms with van der Waals surface area (Å²) in [4.78, 5) is 7.19. The second kappa shape index (κ2) is 8.89. The minimum Gasteiger partial charge on any atom is -0.454 e. The first kappa shape index (κ1) is 19.8. The van der Waals surface area contributed by atoms with Crippen molar-refractivity contribution < 1.29 is 19.3 Å². The molecule has 158 valence electrons. The molecule has 1 saturated heterocycles. The number of aliphatic hydroxyl groups excluding tert-OH is 1. The molecule has 2 aliphatic heterocycles. The van der Waals surface area contributed by atoms with Crippen molar-refractivity contribution >= 4 is 21.6 Å². The van der Waals surface area contributed by atoms with Crippen molar-refractivity contribution in [3.63, 3.8) is 0 Å². The number of thiazole rings is 1. The van der Waals surface area contributed by atoms with E-state index in [9.17, 15) is 5.11 Å². The van der Waals surface area contributed by atoms with Crippen LogP contribution in [0.1, 0.15) is 29.3 Å². The molecule has 1 N–H and O–H groups in total. The highest BCUT2D eigenvalue weighted by Crippen LogP contribution is 2.34. The molecule has 6 nitrogen and oxygen atoms in total. The third kappa shape index (κ3) is 4.44. The lowest BCUT2D eigenvalue weighted by molar-refractivity contribution is 0.00568. The highest BCUT2D eigenvalue weighted by molar-refractivity contribution is 7.18. The van der Waals surface area contributed by atoms with Gasteiger partial charge in [-0.25, -0.2) is 4.98 Å². The fraction of sp³-hybridized carbons (Fsp3) is 0.435. The predicted molar refractivity (Wildman–Crippen MR) is 116 cm³/mol. The molecular weight excluding hydrogens is 400 g/mol. The summed E-state index contributed by atoms with van der Waals surface area (Å²) in [5.41, 5.74) is 2.10. The average molecular weight is 427 g/mol. The monoisotopic (exact) mass is 426 g/mol. The van der Waals surface area contributed by atoms with E-state index in [2.05, 4.69) is 23.1 Å². The zero-order chi connectivity index (χ0) is 20.3. The molecule has 2 aliphatic rings. The summed E-state index contributed by atoms with van der Waals surface area (Å²) >= 11 is 1.80. The fourth-order valence-electron chi connectivity index (χ4n) is 4.18. The van der Waals surface area contributed by atoms with Gasteiger partial charge in [-0.2, -0.15) is 0 Å². The van der Waals surface area contributed by atoms with E-state index in [1.165, 1.54) is 9.71 Å². The molecule has 0 spiro atoms. The molecule has 0 amide bonds. The lowest BCUT2D eigenvalue weighted by Crippen LogP contribution is -2.40. The minimum absolute atomic E-state index is 0.270. The largest absolute Gasteiger partial charge is 0.454 e. The first-order valence-electron chi connectivity index (χ1n) is 10.5. The number of benzene rings is 2. The van der Waals surface area contributed by atoms with Crippen LogP contribution in [0.4, 0.5) is 0 Å². The zero-order valence-corrected chi connectivity index (χ0v) is 17.6. The van der Waals surface area contributed by atoms with Gasteiger partial charge in [0.15, 0.2) is 11.5 Å². The van der Waals surface area contributed by atoms with Gasteiger partial charge in [-0.1, -0.05) is 18.2 Å². The van der Waals surface area contributed by atoms with Crippen molar-refractivity contribution in [1.29, 1.82) is 0 Å². The lowest BCUT2D eigenvalue weighted by Gasteiger charge is -2.33. The summed E-state index contributed by atoms with van der Waals surface area (Å²) in [6.45, 7) is 3.62. The first-order chi connectivity index (χ1) is 14.7. The number of aliphatic hydroxyl groups is 1. The number of ether oxygens (including phenoxy) is 3. The molecule has 0 bridgehead atoms. The van der Waals surface area contributed by atoms with Gasteiger partial charge in [0.05, 0.1) is 34.5 Å². The molecule has 30 heavy (non-hydrogen) atoms. The third-order valence-corrected chi connectivity index (χ3v) is 6.85. The van der Waals surface area contributed by atoms with E-state index in [0.717, 1.165) is 48.5 Å². The summed E-state index contributed by atoms with van der Waals surface area (Å²) < 4.78 is 17.7. The summed E-state index contributed by atoms with van der Waals surface area (Å²) in [5.74, 6) is 1.97. The van der Waals surface area contributed by atoms with E-state index in [1.807, 2.05) is 24.3 Å². The maximum atomic E-state index is 10.5. The van der Waals surface area contributed by atoms with Crippen molar-refractivity contribution in [1.82, 2.24) is 9.88 Å². The predicted octanol–water partition coefficient (Wildman–Crippen LogP) is 3.78. The van der Waals surface area contributed by atoms with Crippen LogP contribution < -0.4 is 9.47 Å². The number of para-hydroxylation sites is 1. The number of likely N-dealkylation sites (tertiary alicyclic amines) is 1. The lowest BCUT2D eigenvalue weighted by atomic mass is 9.98. The van der Waals surface area contributed by atoms with Crippen LogP contribution in [0, 0.1) is 0 Å². The Morgan fingerprint density at radius 2 is 2.10 bits per heavy atom. The number of hydrogen-bond donors (Lipinski definition) is 1.